The number of rotatable bonds is 4. The number of halogens is 1. The molecule has 6 heteroatoms. The second kappa shape index (κ2) is 5.14. The van der Waals surface area contributed by atoms with Crippen LogP contribution < -0.4 is 5.32 Å². The Hall–Kier alpha value is -1.95. The molecule has 2 rings (SSSR count). The minimum Gasteiger partial charge on any atom is -0.481 e. The molecule has 2 N–H and O–H groups in total. The first-order valence-corrected chi connectivity index (χ1v) is 5.55. The lowest BCUT2D eigenvalue weighted by Crippen LogP contribution is -2.52. The van der Waals surface area contributed by atoms with E-state index in [1.54, 1.807) is 11.0 Å². The maximum Gasteiger partial charge on any atom is 0.309 e. The van der Waals surface area contributed by atoms with Gasteiger partial charge in [0.25, 0.3) is 0 Å². The van der Waals surface area contributed by atoms with Crippen molar-refractivity contribution in [1.29, 1.82) is 0 Å². The van der Waals surface area contributed by atoms with Gasteiger partial charge in [-0.1, -0.05) is 6.07 Å². The van der Waals surface area contributed by atoms with Crippen LogP contribution in [0.5, 0.6) is 0 Å². The fourth-order valence-corrected chi connectivity index (χ4v) is 1.82. The maximum atomic E-state index is 12.9. The van der Waals surface area contributed by atoms with E-state index in [-0.39, 0.29) is 18.4 Å². The first-order valence-electron chi connectivity index (χ1n) is 5.55. The molecule has 0 radical (unpaired) electrons. The van der Waals surface area contributed by atoms with Gasteiger partial charge >= 0.3 is 5.97 Å². The molecule has 5 nitrogen and oxygen atoms in total. The molecule has 0 aliphatic carbocycles. The summed E-state index contributed by atoms with van der Waals surface area (Å²) in [7, 11) is 0. The number of anilines is 1. The van der Waals surface area contributed by atoms with Gasteiger partial charge in [0.1, 0.15) is 5.82 Å². The number of aliphatic carboxylic acids is 1. The number of carboxylic acids is 1. The van der Waals surface area contributed by atoms with Crippen LogP contribution in [-0.2, 0) is 9.59 Å². The topological polar surface area (TPSA) is 69.6 Å². The highest BCUT2D eigenvalue weighted by Gasteiger charge is 2.33. The summed E-state index contributed by atoms with van der Waals surface area (Å²) in [6.45, 7) is 0.887. The molecule has 1 amide bonds. The number of nitrogens with one attached hydrogen (secondary N) is 1. The van der Waals surface area contributed by atoms with Crippen LogP contribution in [0.1, 0.15) is 0 Å². The van der Waals surface area contributed by atoms with E-state index in [1.807, 2.05) is 0 Å². The van der Waals surface area contributed by atoms with Gasteiger partial charge in [-0.2, -0.15) is 0 Å². The Morgan fingerprint density at radius 1 is 1.44 bits per heavy atom. The molecule has 1 aromatic rings. The quantitative estimate of drug-likeness (QED) is 0.830. The zero-order chi connectivity index (χ0) is 13.1. The van der Waals surface area contributed by atoms with Crippen LogP contribution in [0.25, 0.3) is 0 Å². The Bertz CT molecular complexity index is 472. The van der Waals surface area contributed by atoms with Gasteiger partial charge in [-0.05, 0) is 18.2 Å². The number of amides is 1. The summed E-state index contributed by atoms with van der Waals surface area (Å²) in [5, 5.41) is 11.2. The van der Waals surface area contributed by atoms with Crippen molar-refractivity contribution in [3.05, 3.63) is 30.1 Å². The summed E-state index contributed by atoms with van der Waals surface area (Å²) in [6, 6.07) is 5.63. The smallest absolute Gasteiger partial charge is 0.309 e. The molecular formula is C12H13FN2O3. The highest BCUT2D eigenvalue weighted by Crippen LogP contribution is 2.15. The van der Waals surface area contributed by atoms with E-state index in [4.69, 9.17) is 5.11 Å². The second-order valence-electron chi connectivity index (χ2n) is 4.29. The van der Waals surface area contributed by atoms with Gasteiger partial charge in [-0.3, -0.25) is 14.5 Å². The molecule has 96 valence electrons. The standard InChI is InChI=1S/C12H13FN2O3/c13-9-2-1-3-10(4-9)14-11(16)7-15-5-8(6-15)12(17)18/h1-4,8H,5-7H2,(H,14,16)(H,17,18). The van der Waals surface area contributed by atoms with Crippen LogP contribution in [0.3, 0.4) is 0 Å². The molecule has 1 fully saturated rings. The molecule has 0 aromatic heterocycles. The number of nitrogens with zero attached hydrogens (tertiary/aromatic N) is 1. The third kappa shape index (κ3) is 3.04. The average Bonchev–Trinajstić information content (AvgIpc) is 2.22. The highest BCUT2D eigenvalue weighted by molar-refractivity contribution is 5.92. The Morgan fingerprint density at radius 3 is 2.78 bits per heavy atom. The van der Waals surface area contributed by atoms with Crippen LogP contribution in [0.15, 0.2) is 24.3 Å². The number of carboxylic acid groups (broad SMARTS) is 1. The first-order chi connectivity index (χ1) is 8.54. The van der Waals surface area contributed by atoms with E-state index in [0.29, 0.717) is 18.8 Å². The van der Waals surface area contributed by atoms with E-state index < -0.39 is 11.8 Å². The SMILES string of the molecule is O=C(CN1CC(C(=O)O)C1)Nc1cccc(F)c1. The third-order valence-electron chi connectivity index (χ3n) is 2.78. The van der Waals surface area contributed by atoms with Crippen molar-refractivity contribution in [2.45, 2.75) is 0 Å². The van der Waals surface area contributed by atoms with Crippen LogP contribution >= 0.6 is 0 Å². The van der Waals surface area contributed by atoms with E-state index in [2.05, 4.69) is 5.32 Å². The van der Waals surface area contributed by atoms with E-state index in [1.165, 1.54) is 18.2 Å². The van der Waals surface area contributed by atoms with Gasteiger partial charge in [0.05, 0.1) is 12.5 Å². The van der Waals surface area contributed by atoms with Gasteiger partial charge in [0, 0.05) is 18.8 Å². The molecule has 1 heterocycles. The lowest BCUT2D eigenvalue weighted by molar-refractivity contribution is -0.148. The third-order valence-corrected chi connectivity index (χ3v) is 2.78. The van der Waals surface area contributed by atoms with E-state index in [0.717, 1.165) is 0 Å². The molecule has 0 atom stereocenters. The van der Waals surface area contributed by atoms with Crippen LogP contribution in [0.2, 0.25) is 0 Å². The van der Waals surface area contributed by atoms with Gasteiger partial charge in [0.2, 0.25) is 5.91 Å². The summed E-state index contributed by atoms with van der Waals surface area (Å²) in [4.78, 5) is 23.9. The zero-order valence-electron chi connectivity index (χ0n) is 9.60. The van der Waals surface area contributed by atoms with E-state index in [9.17, 15) is 14.0 Å². The van der Waals surface area contributed by atoms with E-state index >= 15 is 0 Å². The Balaban J connectivity index is 1.78. The van der Waals surface area contributed by atoms with Crippen molar-refractivity contribution in [2.24, 2.45) is 5.92 Å². The number of benzene rings is 1. The average molecular weight is 252 g/mol. The Kier molecular flexibility index (Phi) is 3.57. The molecule has 0 unspecified atom stereocenters. The van der Waals surface area contributed by atoms with Gasteiger partial charge in [0.15, 0.2) is 0 Å². The largest absolute Gasteiger partial charge is 0.481 e. The molecule has 18 heavy (non-hydrogen) atoms. The number of carbonyl (C=O) groups excluding carboxylic acids is 1. The lowest BCUT2D eigenvalue weighted by atomic mass is 10.0. The monoisotopic (exact) mass is 252 g/mol. The molecule has 1 aliphatic heterocycles. The minimum absolute atomic E-state index is 0.125. The van der Waals surface area contributed by atoms with Crippen LogP contribution in [0.4, 0.5) is 10.1 Å². The predicted octanol–water partition coefficient (Wildman–Crippen LogP) is 0.781. The van der Waals surface area contributed by atoms with Crippen molar-refractivity contribution in [3.63, 3.8) is 0 Å². The molecule has 0 bridgehead atoms. The number of carbonyl (C=O) groups is 2. The van der Waals surface area contributed by atoms with Gasteiger partial charge in [-0.15, -0.1) is 0 Å². The Labute approximate surface area is 103 Å². The van der Waals surface area contributed by atoms with Crippen molar-refractivity contribution < 1.29 is 19.1 Å². The van der Waals surface area contributed by atoms with Gasteiger partial charge < -0.3 is 10.4 Å². The Morgan fingerprint density at radius 2 is 2.17 bits per heavy atom. The van der Waals surface area contributed by atoms with Crippen molar-refractivity contribution >= 4 is 17.6 Å². The second-order valence-corrected chi connectivity index (χ2v) is 4.29. The first kappa shape index (κ1) is 12.5. The lowest BCUT2D eigenvalue weighted by Gasteiger charge is -2.35. The van der Waals surface area contributed by atoms with Crippen molar-refractivity contribution in [3.8, 4) is 0 Å². The fraction of sp³-hybridized carbons (Fsp3) is 0.333. The summed E-state index contributed by atoms with van der Waals surface area (Å²) < 4.78 is 12.9. The summed E-state index contributed by atoms with van der Waals surface area (Å²) in [5.41, 5.74) is 0.398. The zero-order valence-corrected chi connectivity index (χ0v) is 9.60. The number of hydrogen-bond donors (Lipinski definition) is 2. The van der Waals surface area contributed by atoms with Crippen molar-refractivity contribution in [2.75, 3.05) is 25.0 Å². The van der Waals surface area contributed by atoms with Crippen LogP contribution in [0, 0.1) is 11.7 Å². The summed E-state index contributed by atoms with van der Waals surface area (Å²) in [6.07, 6.45) is 0. The van der Waals surface area contributed by atoms with Crippen molar-refractivity contribution in [1.82, 2.24) is 4.90 Å². The molecule has 0 spiro atoms. The maximum absolute atomic E-state index is 12.9. The summed E-state index contributed by atoms with van der Waals surface area (Å²) in [5.74, 6) is -1.91. The molecule has 1 saturated heterocycles. The summed E-state index contributed by atoms with van der Waals surface area (Å²) >= 11 is 0. The molecule has 1 aliphatic rings. The number of hydrogen-bond acceptors (Lipinski definition) is 3. The molecular weight excluding hydrogens is 239 g/mol. The van der Waals surface area contributed by atoms with Gasteiger partial charge in [-0.25, -0.2) is 4.39 Å². The number of likely N-dealkylation sites (tertiary alicyclic amines) is 1. The minimum atomic E-state index is -0.836. The normalized spacial score (nSPS) is 16.1. The predicted molar refractivity (Wildman–Crippen MR) is 62.6 cm³/mol. The molecule has 1 aromatic carbocycles. The van der Waals surface area contributed by atoms with Crippen LogP contribution in [-0.4, -0.2) is 41.5 Å². The molecule has 0 saturated carbocycles. The fourth-order valence-electron chi connectivity index (χ4n) is 1.82. The highest BCUT2D eigenvalue weighted by atomic mass is 19.1.